The van der Waals surface area contributed by atoms with Crippen molar-refractivity contribution in [1.82, 2.24) is 0 Å². The van der Waals surface area contributed by atoms with Crippen LogP contribution >= 0.6 is 11.8 Å². The van der Waals surface area contributed by atoms with Gasteiger partial charge in [0.15, 0.2) is 0 Å². The summed E-state index contributed by atoms with van der Waals surface area (Å²) in [6.45, 7) is 9.26. The van der Waals surface area contributed by atoms with Crippen LogP contribution in [-0.2, 0) is 13.5 Å². The topological polar surface area (TPSA) is 3.88 Å². The Morgan fingerprint density at radius 1 is 0.861 bits per heavy atom. The molecule has 5 aromatic rings. The summed E-state index contributed by atoms with van der Waals surface area (Å²) >= 11 is -0.0250. The van der Waals surface area contributed by atoms with Gasteiger partial charge < -0.3 is 0 Å². The van der Waals surface area contributed by atoms with E-state index in [4.69, 9.17) is 0 Å². The van der Waals surface area contributed by atoms with Crippen molar-refractivity contribution in [3.05, 3.63) is 71.4 Å². The molecule has 0 N–H and O–H groups in total. The van der Waals surface area contributed by atoms with Crippen LogP contribution in [0.2, 0.25) is 17.3 Å². The minimum atomic E-state index is -2.05. The Labute approximate surface area is 222 Å². The van der Waals surface area contributed by atoms with Crippen molar-refractivity contribution in [3.8, 4) is 11.3 Å². The first-order chi connectivity index (χ1) is 17.1. The van der Waals surface area contributed by atoms with Crippen LogP contribution in [-0.4, -0.2) is 13.3 Å². The zero-order valence-corrected chi connectivity index (χ0v) is 25.8. The van der Waals surface area contributed by atoms with Crippen LogP contribution in [0.4, 0.5) is 0 Å². The fraction of sp³-hybridized carbons (Fsp3) is 0.303. The summed E-state index contributed by atoms with van der Waals surface area (Å²) in [7, 11) is 2.23. The first kappa shape index (κ1) is 24.1. The summed E-state index contributed by atoms with van der Waals surface area (Å²) in [5, 5.41) is 8.55. The van der Waals surface area contributed by atoms with E-state index in [1.54, 1.807) is 4.40 Å². The Hall–Kier alpha value is -2.30. The molecule has 3 heteroatoms. The summed E-state index contributed by atoms with van der Waals surface area (Å²) < 4.78 is 3.98. The van der Waals surface area contributed by atoms with E-state index in [1.807, 2.05) is 11.8 Å². The van der Waals surface area contributed by atoms with Crippen LogP contribution in [0.15, 0.2) is 64.5 Å². The summed E-state index contributed by atoms with van der Waals surface area (Å²) in [5.74, 6) is 8.15. The molecule has 0 radical (unpaired) electrons. The maximum absolute atomic E-state index is 2.54. The number of hydrogen-bond acceptors (Lipinski definition) is 1. The third kappa shape index (κ3) is 3.55. The van der Waals surface area contributed by atoms with E-state index < -0.39 is 13.3 Å². The van der Waals surface area contributed by atoms with E-state index in [1.165, 1.54) is 70.1 Å². The predicted octanol–water partition coefficient (Wildman–Crippen LogP) is 8.46. The number of fused-ring (bicyclic) bond motifs is 5. The van der Waals surface area contributed by atoms with Crippen LogP contribution in [0.3, 0.4) is 0 Å². The minimum absolute atomic E-state index is 0.602. The van der Waals surface area contributed by atoms with Crippen LogP contribution in [0.5, 0.6) is 0 Å². The summed E-state index contributed by atoms with van der Waals surface area (Å²) in [6.07, 6.45) is 3.38. The van der Waals surface area contributed by atoms with E-state index in [2.05, 4.69) is 111 Å². The molecule has 4 aromatic carbocycles. The third-order valence-corrected chi connectivity index (χ3v) is 13.4. The van der Waals surface area contributed by atoms with Gasteiger partial charge in [0.1, 0.15) is 0 Å². The monoisotopic (exact) mass is 552 g/mol. The zero-order valence-electron chi connectivity index (χ0n) is 22.8. The fourth-order valence-electron chi connectivity index (χ4n) is 6.24. The van der Waals surface area contributed by atoms with Gasteiger partial charge in [0.25, 0.3) is 0 Å². The number of pyridine rings is 1. The molecule has 0 fully saturated rings. The van der Waals surface area contributed by atoms with Gasteiger partial charge in [-0.05, 0) is 0 Å². The number of aromatic nitrogens is 1. The first-order valence-corrected chi connectivity index (χ1v) is 21.3. The molecule has 0 spiro atoms. The molecule has 2 heterocycles. The summed E-state index contributed by atoms with van der Waals surface area (Å²) in [4.78, 5) is 2.90. The number of nitrogens with zero attached hydrogens (tertiary/aromatic N) is 1. The van der Waals surface area contributed by atoms with Crippen LogP contribution in [0.25, 0.3) is 43.6 Å². The van der Waals surface area contributed by atoms with Gasteiger partial charge in [-0.25, -0.2) is 0 Å². The molecule has 0 aliphatic carbocycles. The average Bonchev–Trinajstić information content (AvgIpc) is 2.81. The first-order valence-electron chi connectivity index (χ1n) is 13.2. The van der Waals surface area contributed by atoms with Gasteiger partial charge in [-0.1, -0.05) is 0 Å². The molecule has 1 aliphatic heterocycles. The number of hydrogen-bond donors (Lipinski definition) is 0. The molecule has 36 heavy (non-hydrogen) atoms. The summed E-state index contributed by atoms with van der Waals surface area (Å²) in [6, 6.07) is 19.0. The molecule has 0 bridgehead atoms. The Balaban J connectivity index is 1.81. The van der Waals surface area contributed by atoms with E-state index in [0.717, 1.165) is 6.42 Å². The number of aryl methyl sites for hydroxylation is 3. The van der Waals surface area contributed by atoms with Crippen molar-refractivity contribution in [3.63, 3.8) is 0 Å². The fourth-order valence-corrected chi connectivity index (χ4v) is 11.0. The van der Waals surface area contributed by atoms with E-state index in [-0.39, 0.29) is 0 Å². The molecule has 6 rings (SSSR count). The van der Waals surface area contributed by atoms with Gasteiger partial charge in [0.2, 0.25) is 0 Å². The maximum atomic E-state index is 2.54. The van der Waals surface area contributed by atoms with Gasteiger partial charge >= 0.3 is 223 Å². The van der Waals surface area contributed by atoms with E-state index in [0.29, 0.717) is 5.92 Å². The normalized spacial score (nSPS) is 13.2. The number of rotatable bonds is 3. The molecule has 0 saturated heterocycles. The van der Waals surface area contributed by atoms with Gasteiger partial charge in [0.05, 0.1) is 0 Å². The van der Waals surface area contributed by atoms with Crippen LogP contribution in [0, 0.1) is 19.8 Å². The quantitative estimate of drug-likeness (QED) is 0.121. The van der Waals surface area contributed by atoms with Crippen LogP contribution in [0.1, 0.15) is 30.5 Å². The number of benzene rings is 4. The van der Waals surface area contributed by atoms with Crippen molar-refractivity contribution >= 4 is 61.7 Å². The Bertz CT molecular complexity index is 1720. The molecular formula is C33H36GeNS+. The van der Waals surface area contributed by atoms with Gasteiger partial charge in [-0.2, -0.15) is 0 Å². The Morgan fingerprint density at radius 3 is 2.36 bits per heavy atom. The second kappa shape index (κ2) is 8.36. The standard InChI is InChI=1S/C33H36GeNS/c1-19(2)16-27-23-13-12-20(3)17-25(23)21(4)30-32-31-24(14-15-35(32)8)22-10-9-11-28(34(5,6)7)26(22)18-29(31)36-33(27)30/h9-15,17-19H,16H2,1-8H3/q+1. The van der Waals surface area contributed by atoms with Crippen molar-refractivity contribution in [1.29, 1.82) is 0 Å². The Morgan fingerprint density at radius 2 is 1.64 bits per heavy atom. The SMILES string of the molecule is Cc1ccc2c(CC(C)C)c3c(c(C)c2c1)-c1c2c(cc4[c]([Ge]([CH3])([CH3])[CH3])cccc4c2cc[n+]1C)S3. The second-order valence-electron chi connectivity index (χ2n) is 12.1. The van der Waals surface area contributed by atoms with Gasteiger partial charge in [-0.15, -0.1) is 0 Å². The molecule has 182 valence electrons. The van der Waals surface area contributed by atoms with Crippen molar-refractivity contribution in [2.45, 2.75) is 61.2 Å². The second-order valence-corrected chi connectivity index (χ2v) is 23.8. The molecule has 1 aliphatic rings. The molecular weight excluding hydrogens is 515 g/mol. The van der Waals surface area contributed by atoms with Gasteiger partial charge in [-0.3, -0.25) is 0 Å². The van der Waals surface area contributed by atoms with Crippen molar-refractivity contribution in [2.24, 2.45) is 13.0 Å². The van der Waals surface area contributed by atoms with Gasteiger partial charge in [0, 0.05) is 0 Å². The predicted molar refractivity (Wildman–Crippen MR) is 161 cm³/mol. The molecule has 0 atom stereocenters. The molecule has 1 nitrogen and oxygen atoms in total. The molecule has 1 aromatic heterocycles. The van der Waals surface area contributed by atoms with Crippen LogP contribution < -0.4 is 8.96 Å². The summed E-state index contributed by atoms with van der Waals surface area (Å²) in [5.41, 5.74) is 7.09. The Kier molecular flexibility index (Phi) is 5.59. The van der Waals surface area contributed by atoms with E-state index >= 15 is 0 Å². The van der Waals surface area contributed by atoms with Crippen molar-refractivity contribution in [2.75, 3.05) is 0 Å². The average molecular weight is 551 g/mol. The van der Waals surface area contributed by atoms with E-state index in [9.17, 15) is 0 Å². The zero-order chi connectivity index (χ0) is 25.5. The van der Waals surface area contributed by atoms with Crippen molar-refractivity contribution < 1.29 is 4.57 Å². The molecule has 0 unspecified atom stereocenters. The molecule has 0 saturated carbocycles. The third-order valence-electron chi connectivity index (χ3n) is 7.89. The molecule has 0 amide bonds.